The maximum atomic E-state index is 12.4. The van der Waals surface area contributed by atoms with Crippen LogP contribution in [0.15, 0.2) is 47.5 Å². The summed E-state index contributed by atoms with van der Waals surface area (Å²) in [6.45, 7) is 0.729. The van der Waals surface area contributed by atoms with Gasteiger partial charge >= 0.3 is 6.18 Å². The second-order valence-corrected chi connectivity index (χ2v) is 9.47. The van der Waals surface area contributed by atoms with Gasteiger partial charge < -0.3 is 14.3 Å². The van der Waals surface area contributed by atoms with E-state index in [1.807, 2.05) is 6.20 Å². The van der Waals surface area contributed by atoms with Crippen molar-refractivity contribution in [3.8, 4) is 28.5 Å². The molecule has 3 heterocycles. The Kier molecular flexibility index (Phi) is 5.60. The number of hydrogen-bond donors (Lipinski definition) is 1. The van der Waals surface area contributed by atoms with Crippen LogP contribution in [0.25, 0.3) is 33.8 Å². The van der Waals surface area contributed by atoms with Gasteiger partial charge in [-0.15, -0.1) is 11.8 Å². The topological polar surface area (TPSA) is 55.7 Å². The molecule has 1 aliphatic carbocycles. The average molecular weight is 473 g/mol. The van der Waals surface area contributed by atoms with E-state index < -0.39 is 12.8 Å². The number of benzene rings is 1. The van der Waals surface area contributed by atoms with E-state index in [0.29, 0.717) is 17.0 Å². The molecular formula is C24H23F3N4OS. The van der Waals surface area contributed by atoms with E-state index in [1.165, 1.54) is 24.5 Å². The van der Waals surface area contributed by atoms with E-state index >= 15 is 0 Å². The van der Waals surface area contributed by atoms with E-state index in [1.54, 1.807) is 23.4 Å². The highest BCUT2D eigenvalue weighted by Crippen LogP contribution is 2.41. The van der Waals surface area contributed by atoms with E-state index in [2.05, 4.69) is 47.2 Å². The molecule has 172 valence electrons. The number of aryl methyl sites for hydroxylation is 1. The number of pyridine rings is 1. The molecule has 0 bridgehead atoms. The minimum absolute atomic E-state index is 0.0353. The zero-order valence-electron chi connectivity index (χ0n) is 18.2. The van der Waals surface area contributed by atoms with Crippen molar-refractivity contribution in [2.75, 3.05) is 12.4 Å². The second kappa shape index (κ2) is 8.44. The number of nitrogens with zero attached hydrogens (tertiary/aromatic N) is 3. The first-order valence-electron chi connectivity index (χ1n) is 10.8. The minimum Gasteiger partial charge on any atom is -0.469 e. The highest BCUT2D eigenvalue weighted by atomic mass is 32.2. The summed E-state index contributed by atoms with van der Waals surface area (Å²) in [4.78, 5) is 13.3. The molecule has 5 nitrogen and oxygen atoms in total. The van der Waals surface area contributed by atoms with Crippen molar-refractivity contribution in [3.63, 3.8) is 0 Å². The summed E-state index contributed by atoms with van der Waals surface area (Å²) in [5.41, 5.74) is 5.41. The Morgan fingerprint density at radius 2 is 1.91 bits per heavy atom. The van der Waals surface area contributed by atoms with Gasteiger partial charge in [-0.05, 0) is 41.7 Å². The van der Waals surface area contributed by atoms with Crippen LogP contribution in [-0.4, -0.2) is 38.1 Å². The van der Waals surface area contributed by atoms with Gasteiger partial charge in [0.15, 0.2) is 18.3 Å². The number of rotatable bonds is 7. The molecule has 1 aliphatic rings. The number of alkyl halides is 3. The Morgan fingerprint density at radius 1 is 1.15 bits per heavy atom. The maximum Gasteiger partial charge on any atom is 0.422 e. The molecule has 0 amide bonds. The summed E-state index contributed by atoms with van der Waals surface area (Å²) in [6.07, 6.45) is 0.00913. The number of aromatic nitrogens is 4. The first-order chi connectivity index (χ1) is 15.8. The van der Waals surface area contributed by atoms with Gasteiger partial charge in [0.2, 0.25) is 0 Å². The molecule has 1 aromatic carbocycles. The molecule has 0 atom stereocenters. The van der Waals surface area contributed by atoms with Crippen LogP contribution in [0.4, 0.5) is 13.2 Å². The van der Waals surface area contributed by atoms with Crippen LogP contribution in [0.5, 0.6) is 5.88 Å². The third-order valence-electron chi connectivity index (χ3n) is 5.68. The van der Waals surface area contributed by atoms with Crippen LogP contribution in [0.1, 0.15) is 31.2 Å². The van der Waals surface area contributed by atoms with Gasteiger partial charge in [0.05, 0.1) is 0 Å². The lowest BCUT2D eigenvalue weighted by Crippen LogP contribution is -2.19. The number of halogens is 3. The van der Waals surface area contributed by atoms with E-state index in [0.717, 1.165) is 33.4 Å². The van der Waals surface area contributed by atoms with Crippen molar-refractivity contribution in [1.82, 2.24) is 19.5 Å². The summed E-state index contributed by atoms with van der Waals surface area (Å²) in [5.74, 6) is 2.27. The molecule has 0 aliphatic heterocycles. The summed E-state index contributed by atoms with van der Waals surface area (Å²) >= 11 is 1.68. The number of aromatic amines is 1. The molecule has 1 N–H and O–H groups in total. The molecule has 9 heteroatoms. The van der Waals surface area contributed by atoms with Crippen LogP contribution in [0.3, 0.4) is 0 Å². The van der Waals surface area contributed by atoms with E-state index in [4.69, 9.17) is 9.72 Å². The first kappa shape index (κ1) is 21.9. The van der Waals surface area contributed by atoms with Crippen molar-refractivity contribution in [3.05, 3.63) is 48.2 Å². The standard InChI is InChI=1S/C24H23F3N4OS/c1-3-33-19-10-17(16-8-6-15(7-9-16)14-4-5-14)12-28-21(19)23-29-18-11-20(30-22(18)31(23)2)32-13-24(25,26)27/h6-12,14,30H,3-5,13H2,1-2H3. The minimum atomic E-state index is -4.40. The molecule has 5 rings (SSSR count). The van der Waals surface area contributed by atoms with Crippen molar-refractivity contribution in [2.24, 2.45) is 7.05 Å². The number of nitrogens with one attached hydrogen (secondary N) is 1. The number of thioether (sulfide) groups is 1. The molecule has 0 unspecified atom stereocenters. The normalized spacial score (nSPS) is 14.2. The van der Waals surface area contributed by atoms with Gasteiger partial charge in [0, 0.05) is 29.8 Å². The fraction of sp³-hybridized carbons (Fsp3) is 0.333. The Balaban J connectivity index is 1.46. The van der Waals surface area contributed by atoms with Crippen molar-refractivity contribution < 1.29 is 17.9 Å². The lowest BCUT2D eigenvalue weighted by Gasteiger charge is -2.11. The van der Waals surface area contributed by atoms with Gasteiger partial charge in [-0.25, -0.2) is 4.98 Å². The Hall–Kier alpha value is -2.94. The van der Waals surface area contributed by atoms with Crippen LogP contribution in [0.2, 0.25) is 0 Å². The molecule has 0 radical (unpaired) electrons. The SMILES string of the molecule is CCSc1cc(-c2ccc(C3CC3)cc2)cnc1-c1nc2cc(OCC(F)(F)F)[nH]c2n1C. The molecular weight excluding hydrogens is 449 g/mol. The molecule has 1 fully saturated rings. The second-order valence-electron chi connectivity index (χ2n) is 8.17. The van der Waals surface area contributed by atoms with Gasteiger partial charge in [-0.1, -0.05) is 31.2 Å². The smallest absolute Gasteiger partial charge is 0.422 e. The maximum absolute atomic E-state index is 12.4. The highest BCUT2D eigenvalue weighted by Gasteiger charge is 2.29. The van der Waals surface area contributed by atoms with E-state index in [-0.39, 0.29) is 5.88 Å². The summed E-state index contributed by atoms with van der Waals surface area (Å²) in [6, 6.07) is 12.3. The predicted molar refractivity (Wildman–Crippen MR) is 124 cm³/mol. The van der Waals surface area contributed by atoms with Gasteiger partial charge in [0.25, 0.3) is 0 Å². The van der Waals surface area contributed by atoms with Crippen LogP contribution >= 0.6 is 11.8 Å². The van der Waals surface area contributed by atoms with Crippen molar-refractivity contribution in [2.45, 2.75) is 36.8 Å². The zero-order valence-corrected chi connectivity index (χ0v) is 19.1. The lowest BCUT2D eigenvalue weighted by molar-refractivity contribution is -0.154. The van der Waals surface area contributed by atoms with Crippen molar-refractivity contribution >= 4 is 22.9 Å². The molecule has 1 saturated carbocycles. The largest absolute Gasteiger partial charge is 0.469 e. The molecule has 0 spiro atoms. The van der Waals surface area contributed by atoms with Crippen molar-refractivity contribution in [1.29, 1.82) is 0 Å². The zero-order chi connectivity index (χ0) is 23.2. The number of hydrogen-bond acceptors (Lipinski definition) is 4. The number of H-pyrrole nitrogens is 1. The van der Waals surface area contributed by atoms with Crippen LogP contribution in [-0.2, 0) is 7.05 Å². The van der Waals surface area contributed by atoms with E-state index in [9.17, 15) is 13.2 Å². The number of fused-ring (bicyclic) bond motifs is 1. The predicted octanol–water partition coefficient (Wildman–Crippen LogP) is 6.56. The monoisotopic (exact) mass is 472 g/mol. The fourth-order valence-electron chi connectivity index (χ4n) is 3.89. The molecule has 0 saturated heterocycles. The van der Waals surface area contributed by atoms with Crippen LogP contribution in [0, 0.1) is 0 Å². The highest BCUT2D eigenvalue weighted by molar-refractivity contribution is 7.99. The quantitative estimate of drug-likeness (QED) is 0.310. The number of ether oxygens (including phenoxy) is 1. The Bertz CT molecular complexity index is 1290. The third-order valence-corrected chi connectivity index (χ3v) is 6.59. The molecule has 3 aromatic heterocycles. The van der Waals surface area contributed by atoms with Gasteiger partial charge in [0.1, 0.15) is 16.9 Å². The molecule has 4 aromatic rings. The Morgan fingerprint density at radius 3 is 2.55 bits per heavy atom. The van der Waals surface area contributed by atoms with Gasteiger partial charge in [-0.3, -0.25) is 4.98 Å². The van der Waals surface area contributed by atoms with Crippen LogP contribution < -0.4 is 4.74 Å². The third kappa shape index (κ3) is 4.59. The lowest BCUT2D eigenvalue weighted by atomic mass is 10.0. The summed E-state index contributed by atoms with van der Waals surface area (Å²) in [7, 11) is 1.81. The average Bonchev–Trinajstić information content (AvgIpc) is 3.49. The van der Waals surface area contributed by atoms with Gasteiger partial charge in [-0.2, -0.15) is 13.2 Å². The first-order valence-corrected chi connectivity index (χ1v) is 11.8. The summed E-state index contributed by atoms with van der Waals surface area (Å²) in [5, 5.41) is 0. The molecule has 33 heavy (non-hydrogen) atoms. The fourth-order valence-corrected chi connectivity index (χ4v) is 4.70. The summed E-state index contributed by atoms with van der Waals surface area (Å²) < 4.78 is 43.9. The Labute approximate surface area is 193 Å². The number of imidazole rings is 1.